The fraction of sp³-hybridized carbons (Fsp3) is 0.263. The molecule has 24 heavy (non-hydrogen) atoms. The van der Waals surface area contributed by atoms with Gasteiger partial charge in [-0.15, -0.1) is 10.2 Å². The zero-order valence-electron chi connectivity index (χ0n) is 13.2. The molecule has 1 aliphatic carbocycles. The largest absolute Gasteiger partial charge is 0.301 e. The number of hydrogen-bond acceptors (Lipinski definition) is 3. The molecule has 4 rings (SSSR count). The lowest BCUT2D eigenvalue weighted by atomic mass is 10.2. The molecule has 0 radical (unpaired) electrons. The van der Waals surface area contributed by atoms with Gasteiger partial charge in [0, 0.05) is 16.1 Å². The number of thioether (sulfide) groups is 1. The molecule has 2 aromatic carbocycles. The highest BCUT2D eigenvalue weighted by Gasteiger charge is 2.30. The molecule has 1 aliphatic rings. The zero-order chi connectivity index (χ0) is 16.4. The topological polar surface area (TPSA) is 30.7 Å². The molecule has 0 saturated heterocycles. The summed E-state index contributed by atoms with van der Waals surface area (Å²) in [7, 11) is 0. The molecule has 1 aromatic heterocycles. The third kappa shape index (κ3) is 3.73. The van der Waals surface area contributed by atoms with Crippen LogP contribution in [0.2, 0.25) is 0 Å². The molecule has 0 bridgehead atoms. The summed E-state index contributed by atoms with van der Waals surface area (Å²) >= 11 is 5.30. The lowest BCUT2D eigenvalue weighted by molar-refractivity contribution is 0.667. The minimum Gasteiger partial charge on any atom is -0.301 e. The van der Waals surface area contributed by atoms with Crippen LogP contribution in [0.4, 0.5) is 0 Å². The van der Waals surface area contributed by atoms with Crippen LogP contribution >= 0.6 is 27.7 Å². The first kappa shape index (κ1) is 15.9. The number of halogens is 1. The average Bonchev–Trinajstić information content (AvgIpc) is 3.37. The summed E-state index contributed by atoms with van der Waals surface area (Å²) in [6, 6.07) is 19.0. The molecule has 1 fully saturated rings. The van der Waals surface area contributed by atoms with Crippen LogP contribution in [0.1, 0.15) is 35.7 Å². The van der Waals surface area contributed by atoms with Crippen molar-refractivity contribution < 1.29 is 0 Å². The van der Waals surface area contributed by atoms with Crippen LogP contribution in [-0.4, -0.2) is 14.8 Å². The average molecular weight is 400 g/mol. The molecule has 3 nitrogen and oxygen atoms in total. The summed E-state index contributed by atoms with van der Waals surface area (Å²) in [5, 5.41) is 9.98. The van der Waals surface area contributed by atoms with E-state index in [4.69, 9.17) is 0 Å². The van der Waals surface area contributed by atoms with Crippen LogP contribution in [0, 0.1) is 0 Å². The van der Waals surface area contributed by atoms with Crippen molar-refractivity contribution in [3.8, 4) is 0 Å². The van der Waals surface area contributed by atoms with Gasteiger partial charge in [0.25, 0.3) is 0 Å². The number of rotatable bonds is 6. The van der Waals surface area contributed by atoms with Crippen molar-refractivity contribution in [2.45, 2.75) is 36.2 Å². The normalized spacial score (nSPS) is 14.0. The Morgan fingerprint density at radius 2 is 1.79 bits per heavy atom. The maximum absolute atomic E-state index is 4.49. The van der Waals surface area contributed by atoms with Gasteiger partial charge in [0.1, 0.15) is 5.82 Å². The second-order valence-corrected chi connectivity index (χ2v) is 7.96. The summed E-state index contributed by atoms with van der Waals surface area (Å²) in [5.41, 5.74) is 2.58. The summed E-state index contributed by atoms with van der Waals surface area (Å²) in [4.78, 5) is 0. The second kappa shape index (κ2) is 7.11. The van der Waals surface area contributed by atoms with Crippen LogP contribution in [0.15, 0.2) is 64.2 Å². The lowest BCUT2D eigenvalue weighted by Gasteiger charge is -2.10. The lowest BCUT2D eigenvalue weighted by Crippen LogP contribution is -2.06. The molecule has 5 heteroatoms. The van der Waals surface area contributed by atoms with Crippen LogP contribution in [0.5, 0.6) is 0 Å². The van der Waals surface area contributed by atoms with Crippen LogP contribution in [0.3, 0.4) is 0 Å². The molecule has 0 spiro atoms. The van der Waals surface area contributed by atoms with E-state index in [-0.39, 0.29) is 0 Å². The van der Waals surface area contributed by atoms with E-state index >= 15 is 0 Å². The van der Waals surface area contributed by atoms with Crippen LogP contribution in [0.25, 0.3) is 0 Å². The molecule has 0 amide bonds. The maximum atomic E-state index is 4.49. The molecule has 1 saturated carbocycles. The SMILES string of the molecule is Brc1cccc(CSc2nnc(C3CC3)n2Cc2ccccc2)c1. The van der Waals surface area contributed by atoms with Gasteiger partial charge in [0.05, 0.1) is 6.54 Å². The molecule has 3 aromatic rings. The van der Waals surface area contributed by atoms with Gasteiger partial charge in [-0.25, -0.2) is 0 Å². The van der Waals surface area contributed by atoms with Gasteiger partial charge in [-0.2, -0.15) is 0 Å². The van der Waals surface area contributed by atoms with Crippen molar-refractivity contribution in [1.82, 2.24) is 14.8 Å². The van der Waals surface area contributed by atoms with E-state index in [0.717, 1.165) is 27.8 Å². The molecule has 0 N–H and O–H groups in total. The molecular formula is C19H18BrN3S. The van der Waals surface area contributed by atoms with Gasteiger partial charge in [-0.3, -0.25) is 0 Å². The molecule has 0 atom stereocenters. The van der Waals surface area contributed by atoms with Gasteiger partial charge < -0.3 is 4.57 Å². The van der Waals surface area contributed by atoms with Gasteiger partial charge in [0.2, 0.25) is 0 Å². The van der Waals surface area contributed by atoms with E-state index in [2.05, 4.69) is 85.3 Å². The van der Waals surface area contributed by atoms with Gasteiger partial charge >= 0.3 is 0 Å². The Morgan fingerprint density at radius 1 is 1.00 bits per heavy atom. The van der Waals surface area contributed by atoms with E-state index in [1.165, 1.54) is 24.0 Å². The van der Waals surface area contributed by atoms with Crippen molar-refractivity contribution in [1.29, 1.82) is 0 Å². The number of nitrogens with zero attached hydrogens (tertiary/aromatic N) is 3. The summed E-state index contributed by atoms with van der Waals surface area (Å²) in [6.45, 7) is 0.848. The van der Waals surface area contributed by atoms with Gasteiger partial charge in [-0.05, 0) is 36.1 Å². The number of benzene rings is 2. The smallest absolute Gasteiger partial charge is 0.191 e. The Hall–Kier alpha value is -1.59. The van der Waals surface area contributed by atoms with E-state index < -0.39 is 0 Å². The molecular weight excluding hydrogens is 382 g/mol. The van der Waals surface area contributed by atoms with E-state index in [9.17, 15) is 0 Å². The first-order chi connectivity index (χ1) is 11.8. The van der Waals surface area contributed by atoms with Gasteiger partial charge in [-0.1, -0.05) is 70.2 Å². The number of hydrogen-bond donors (Lipinski definition) is 0. The first-order valence-corrected chi connectivity index (χ1v) is 9.92. The second-order valence-electron chi connectivity index (χ2n) is 6.11. The molecule has 0 unspecified atom stereocenters. The Morgan fingerprint density at radius 3 is 2.54 bits per heavy atom. The third-order valence-electron chi connectivity index (χ3n) is 4.13. The highest BCUT2D eigenvalue weighted by Crippen LogP contribution is 2.40. The first-order valence-electron chi connectivity index (χ1n) is 8.14. The Balaban J connectivity index is 1.56. The standard InChI is InChI=1S/C19H18BrN3S/c20-17-8-4-7-15(11-17)13-24-19-22-21-18(16-9-10-16)23(19)12-14-5-2-1-3-6-14/h1-8,11,16H,9-10,12-13H2. The van der Waals surface area contributed by atoms with Crippen molar-refractivity contribution in [3.63, 3.8) is 0 Å². The van der Waals surface area contributed by atoms with Crippen molar-refractivity contribution >= 4 is 27.7 Å². The van der Waals surface area contributed by atoms with Crippen LogP contribution in [-0.2, 0) is 12.3 Å². The van der Waals surface area contributed by atoms with E-state index in [1.54, 1.807) is 11.8 Å². The quantitative estimate of drug-likeness (QED) is 0.529. The maximum Gasteiger partial charge on any atom is 0.191 e. The van der Waals surface area contributed by atoms with Crippen LogP contribution < -0.4 is 0 Å². The fourth-order valence-corrected chi connectivity index (χ4v) is 4.07. The highest BCUT2D eigenvalue weighted by molar-refractivity contribution is 9.10. The Kier molecular flexibility index (Phi) is 4.72. The molecule has 122 valence electrons. The monoisotopic (exact) mass is 399 g/mol. The Bertz CT molecular complexity index is 828. The van der Waals surface area contributed by atoms with Crippen molar-refractivity contribution in [2.24, 2.45) is 0 Å². The van der Waals surface area contributed by atoms with E-state index in [1.807, 2.05) is 0 Å². The minimum absolute atomic E-state index is 0.599. The fourth-order valence-electron chi connectivity index (χ4n) is 2.74. The predicted molar refractivity (Wildman–Crippen MR) is 101 cm³/mol. The molecule has 1 heterocycles. The predicted octanol–water partition coefficient (Wildman–Crippen LogP) is 5.26. The minimum atomic E-state index is 0.599. The summed E-state index contributed by atoms with van der Waals surface area (Å²) < 4.78 is 3.42. The third-order valence-corrected chi connectivity index (χ3v) is 5.66. The van der Waals surface area contributed by atoms with E-state index in [0.29, 0.717) is 5.92 Å². The van der Waals surface area contributed by atoms with Crippen molar-refractivity contribution in [3.05, 3.63) is 76.0 Å². The van der Waals surface area contributed by atoms with Crippen molar-refractivity contribution in [2.75, 3.05) is 0 Å². The molecule has 0 aliphatic heterocycles. The summed E-state index contributed by atoms with van der Waals surface area (Å²) in [6.07, 6.45) is 2.48. The summed E-state index contributed by atoms with van der Waals surface area (Å²) in [5.74, 6) is 2.65. The van der Waals surface area contributed by atoms with Gasteiger partial charge in [0.15, 0.2) is 5.16 Å². The Labute approximate surface area is 154 Å². The zero-order valence-corrected chi connectivity index (χ0v) is 15.6. The highest BCUT2D eigenvalue weighted by atomic mass is 79.9. The number of aromatic nitrogens is 3.